The highest BCUT2D eigenvalue weighted by Gasteiger charge is 2.38. The van der Waals surface area contributed by atoms with Crippen molar-refractivity contribution in [3.8, 4) is 0 Å². The fourth-order valence-electron chi connectivity index (χ4n) is 3.40. The Balaban J connectivity index is 2.51. The zero-order chi connectivity index (χ0) is 16.2. The lowest BCUT2D eigenvalue weighted by Crippen LogP contribution is -2.33. The van der Waals surface area contributed by atoms with Gasteiger partial charge in [0.25, 0.3) is 0 Å². The van der Waals surface area contributed by atoms with Gasteiger partial charge in [-0.25, -0.2) is 9.34 Å². The minimum atomic E-state index is -2.64. The van der Waals surface area contributed by atoms with Gasteiger partial charge in [-0.1, -0.05) is 52.0 Å². The van der Waals surface area contributed by atoms with Crippen molar-refractivity contribution in [2.24, 2.45) is 0 Å². The van der Waals surface area contributed by atoms with E-state index < -0.39 is 7.44 Å². The van der Waals surface area contributed by atoms with E-state index in [0.717, 1.165) is 44.3 Å². The predicted molar refractivity (Wildman–Crippen MR) is 96.2 cm³/mol. The molecule has 0 unspecified atom stereocenters. The van der Waals surface area contributed by atoms with Crippen LogP contribution in [0.15, 0.2) is 29.6 Å². The minimum Gasteiger partial charge on any atom is -0.284 e. The number of hydrogen-bond acceptors (Lipinski definition) is 1. The molecule has 0 spiro atoms. The molecule has 0 saturated carbocycles. The summed E-state index contributed by atoms with van der Waals surface area (Å²) in [6.45, 7) is 11.7. The zero-order valence-corrected chi connectivity index (χ0v) is 15.3. The molecule has 0 fully saturated rings. The van der Waals surface area contributed by atoms with E-state index in [1.165, 1.54) is 11.1 Å². The quantitative estimate of drug-likeness (QED) is 0.671. The fraction of sp³-hybridized carbons (Fsp3) is 0.556. The first kappa shape index (κ1) is 17.5. The number of aryl methyl sites for hydroxylation is 1. The molecule has 0 bridgehead atoms. The van der Waals surface area contributed by atoms with Crippen LogP contribution in [-0.2, 0) is 11.0 Å². The first-order valence-corrected chi connectivity index (χ1v) is 10.1. The van der Waals surface area contributed by atoms with E-state index >= 15 is 0 Å². The summed E-state index contributed by atoms with van der Waals surface area (Å²) < 4.78 is 18.4. The molecule has 1 aliphatic rings. The van der Waals surface area contributed by atoms with Gasteiger partial charge in [0, 0.05) is 31.5 Å². The molecule has 0 saturated heterocycles. The Kier molecular flexibility index (Phi) is 6.02. The van der Waals surface area contributed by atoms with Crippen molar-refractivity contribution >= 4 is 13.5 Å². The lowest BCUT2D eigenvalue weighted by Gasteiger charge is -2.40. The molecule has 0 N–H and O–H groups in total. The second-order valence-corrected chi connectivity index (χ2v) is 8.45. The van der Waals surface area contributed by atoms with Crippen LogP contribution in [0.2, 0.25) is 0 Å². The third-order valence-electron chi connectivity index (χ3n) is 4.63. The van der Waals surface area contributed by atoms with Gasteiger partial charge in [-0.2, -0.15) is 0 Å². The summed E-state index contributed by atoms with van der Waals surface area (Å²) in [5, 5.41) is 1.12. The lowest BCUT2D eigenvalue weighted by molar-refractivity contribution is 0.364. The van der Waals surface area contributed by atoms with Crippen molar-refractivity contribution in [3.05, 3.63) is 40.7 Å². The van der Waals surface area contributed by atoms with E-state index in [4.69, 9.17) is 0 Å². The van der Waals surface area contributed by atoms with Gasteiger partial charge >= 0.3 is 0 Å². The Morgan fingerprint density at radius 3 is 2.00 bits per heavy atom. The summed E-state index contributed by atoms with van der Waals surface area (Å²) in [6, 6.07) is 8.48. The smallest absolute Gasteiger partial charge is 0.241 e. The fourth-order valence-corrected chi connectivity index (χ4v) is 6.73. The van der Waals surface area contributed by atoms with Crippen molar-refractivity contribution in [1.82, 2.24) is 9.34 Å². The van der Waals surface area contributed by atoms with Crippen molar-refractivity contribution < 1.29 is 4.57 Å². The summed E-state index contributed by atoms with van der Waals surface area (Å²) in [6.07, 6.45) is 4.09. The van der Waals surface area contributed by atoms with Gasteiger partial charge in [0.15, 0.2) is 0 Å². The van der Waals surface area contributed by atoms with E-state index in [-0.39, 0.29) is 0 Å². The van der Waals surface area contributed by atoms with Crippen LogP contribution in [0.3, 0.4) is 0 Å². The summed E-state index contributed by atoms with van der Waals surface area (Å²) in [4.78, 5) is 0. The molecule has 1 aromatic rings. The number of allylic oxidation sites excluding steroid dienone is 1. The number of hydrogen-bond donors (Lipinski definition) is 0. The van der Waals surface area contributed by atoms with Crippen molar-refractivity contribution in [2.45, 2.75) is 40.5 Å². The lowest BCUT2D eigenvalue weighted by atomic mass is 9.98. The van der Waals surface area contributed by atoms with E-state index in [9.17, 15) is 4.57 Å². The molecule has 0 aliphatic heterocycles. The van der Waals surface area contributed by atoms with Crippen LogP contribution in [0.5, 0.6) is 0 Å². The van der Waals surface area contributed by atoms with Crippen LogP contribution in [0.25, 0.3) is 6.08 Å². The molecule has 0 heterocycles. The molecule has 1 aliphatic carbocycles. The van der Waals surface area contributed by atoms with Gasteiger partial charge in [-0.15, -0.1) is 0 Å². The van der Waals surface area contributed by atoms with Crippen LogP contribution in [0.4, 0.5) is 0 Å². The highest BCUT2D eigenvalue weighted by Crippen LogP contribution is 2.62. The number of fused-ring (bicyclic) bond motifs is 1. The molecule has 3 nitrogen and oxygen atoms in total. The van der Waals surface area contributed by atoms with Crippen LogP contribution >= 0.6 is 7.44 Å². The maximum Gasteiger partial charge on any atom is 0.241 e. The van der Waals surface area contributed by atoms with E-state index in [0.29, 0.717) is 0 Å². The Morgan fingerprint density at radius 1 is 0.909 bits per heavy atom. The van der Waals surface area contributed by atoms with E-state index in [1.807, 2.05) is 0 Å². The standard InChI is InChI=1S/C18H29N2OP/c1-5-19(6-2)22(21,20(7-3)8-4)18-14-13-16-11-9-10-12-17(16)15-18/h9-12,15H,5-8,13-14H2,1-4H3. The first-order chi connectivity index (χ1) is 10.6. The average Bonchev–Trinajstić information content (AvgIpc) is 2.56. The maximum atomic E-state index is 14.1. The van der Waals surface area contributed by atoms with Crippen LogP contribution in [0, 0.1) is 0 Å². The highest BCUT2D eigenvalue weighted by atomic mass is 31.2. The largest absolute Gasteiger partial charge is 0.284 e. The topological polar surface area (TPSA) is 23.6 Å². The van der Waals surface area contributed by atoms with Gasteiger partial charge in [0.05, 0.1) is 0 Å². The Hall–Kier alpha value is -0.890. The van der Waals surface area contributed by atoms with Crippen LogP contribution < -0.4 is 0 Å². The zero-order valence-electron chi connectivity index (χ0n) is 14.4. The summed E-state index contributed by atoms with van der Waals surface area (Å²) >= 11 is 0. The third kappa shape index (κ3) is 3.08. The summed E-state index contributed by atoms with van der Waals surface area (Å²) in [7, 11) is -2.64. The SMILES string of the molecule is CCN(CC)P(=O)(C1=Cc2ccccc2CC1)N(CC)CC. The van der Waals surface area contributed by atoms with Gasteiger partial charge in [0.2, 0.25) is 7.44 Å². The first-order valence-electron chi connectivity index (χ1n) is 8.51. The Morgan fingerprint density at radius 2 is 1.45 bits per heavy atom. The Labute approximate surface area is 135 Å². The van der Waals surface area contributed by atoms with Crippen LogP contribution in [0.1, 0.15) is 45.2 Å². The van der Waals surface area contributed by atoms with Gasteiger partial charge in [-0.3, -0.25) is 4.57 Å². The molecular formula is C18H29N2OP. The second kappa shape index (κ2) is 7.59. The molecule has 4 heteroatoms. The van der Waals surface area contributed by atoms with Crippen molar-refractivity contribution in [3.63, 3.8) is 0 Å². The molecule has 2 rings (SSSR count). The average molecular weight is 320 g/mol. The summed E-state index contributed by atoms with van der Waals surface area (Å²) in [5.74, 6) is 0. The van der Waals surface area contributed by atoms with E-state index in [2.05, 4.69) is 67.4 Å². The van der Waals surface area contributed by atoms with Gasteiger partial charge in [0.1, 0.15) is 0 Å². The molecule has 0 amide bonds. The van der Waals surface area contributed by atoms with Gasteiger partial charge in [-0.05, 0) is 30.0 Å². The number of rotatable bonds is 7. The maximum absolute atomic E-state index is 14.1. The van der Waals surface area contributed by atoms with Crippen molar-refractivity contribution in [2.75, 3.05) is 26.2 Å². The molecule has 0 aromatic heterocycles. The predicted octanol–water partition coefficient (Wildman–Crippen LogP) is 4.85. The summed E-state index contributed by atoms with van der Waals surface area (Å²) in [5.41, 5.74) is 2.61. The molecular weight excluding hydrogens is 291 g/mol. The second-order valence-electron chi connectivity index (χ2n) is 5.66. The molecule has 1 aromatic carbocycles. The number of benzene rings is 1. The monoisotopic (exact) mass is 320 g/mol. The normalized spacial score (nSPS) is 15.1. The third-order valence-corrected chi connectivity index (χ3v) is 8.39. The molecule has 122 valence electrons. The van der Waals surface area contributed by atoms with Crippen molar-refractivity contribution in [1.29, 1.82) is 0 Å². The van der Waals surface area contributed by atoms with Crippen LogP contribution in [-0.4, -0.2) is 35.5 Å². The minimum absolute atomic E-state index is 0.823. The number of nitrogens with zero attached hydrogens (tertiary/aromatic N) is 2. The highest BCUT2D eigenvalue weighted by molar-refractivity contribution is 7.63. The Bertz CT molecular complexity index is 558. The molecule has 0 atom stereocenters. The van der Waals surface area contributed by atoms with Gasteiger partial charge < -0.3 is 0 Å². The molecule has 0 radical (unpaired) electrons. The van der Waals surface area contributed by atoms with E-state index in [1.54, 1.807) is 0 Å². The molecule has 22 heavy (non-hydrogen) atoms.